The molecule has 1 saturated heterocycles. The number of nitrogens with zero attached hydrogens (tertiary/aromatic N) is 1. The van der Waals surface area contributed by atoms with Crippen molar-refractivity contribution in [3.63, 3.8) is 0 Å². The third-order valence-corrected chi connectivity index (χ3v) is 4.41. The van der Waals surface area contributed by atoms with Gasteiger partial charge in [-0.25, -0.2) is 0 Å². The molecule has 1 saturated carbocycles. The van der Waals surface area contributed by atoms with Crippen LogP contribution in [-0.2, 0) is 17.7 Å². The normalized spacial score (nSPS) is 22.4. The lowest BCUT2D eigenvalue weighted by molar-refractivity contribution is 0.0807. The smallest absolute Gasteiger partial charge is 0.0721 e. The third kappa shape index (κ3) is 3.35. The Morgan fingerprint density at radius 3 is 2.32 bits per heavy atom. The minimum atomic E-state index is 0.167. The van der Waals surface area contributed by atoms with Gasteiger partial charge in [0.2, 0.25) is 0 Å². The van der Waals surface area contributed by atoms with E-state index in [1.54, 1.807) is 0 Å². The highest BCUT2D eigenvalue weighted by molar-refractivity contribution is 5.25. The summed E-state index contributed by atoms with van der Waals surface area (Å²) in [5.74, 6) is 0. The lowest BCUT2D eigenvalue weighted by atomic mass is 10.0. The summed E-state index contributed by atoms with van der Waals surface area (Å²) in [5.41, 5.74) is 3.00. The number of nitrogens with one attached hydrogen (secondary N) is 1. The fourth-order valence-electron chi connectivity index (χ4n) is 2.85. The molecule has 0 spiro atoms. The van der Waals surface area contributed by atoms with Gasteiger partial charge < -0.3 is 10.1 Å². The Morgan fingerprint density at radius 2 is 1.74 bits per heavy atom. The van der Waals surface area contributed by atoms with Gasteiger partial charge in [0.05, 0.1) is 5.60 Å². The first kappa shape index (κ1) is 13.1. The predicted octanol–water partition coefficient (Wildman–Crippen LogP) is 1.81. The van der Waals surface area contributed by atoms with Crippen molar-refractivity contribution in [2.75, 3.05) is 33.3 Å². The Hall–Kier alpha value is -0.900. The molecule has 0 atom stereocenters. The second kappa shape index (κ2) is 5.61. The largest absolute Gasteiger partial charge is 0.378 e. The van der Waals surface area contributed by atoms with Gasteiger partial charge in [-0.15, -0.1) is 0 Å². The van der Waals surface area contributed by atoms with E-state index in [0.29, 0.717) is 0 Å². The van der Waals surface area contributed by atoms with Gasteiger partial charge in [0.25, 0.3) is 0 Å². The number of ether oxygens (including phenoxy) is 1. The molecule has 0 unspecified atom stereocenters. The van der Waals surface area contributed by atoms with Crippen LogP contribution in [0.2, 0.25) is 0 Å². The van der Waals surface area contributed by atoms with Gasteiger partial charge in [-0.05, 0) is 24.0 Å². The molecule has 2 aliphatic rings. The molecule has 0 aromatic heterocycles. The molecule has 0 radical (unpaired) electrons. The minimum absolute atomic E-state index is 0.167. The number of hydrogen-bond donors (Lipinski definition) is 1. The molecule has 1 N–H and O–H groups in total. The summed E-state index contributed by atoms with van der Waals surface area (Å²) >= 11 is 0. The summed E-state index contributed by atoms with van der Waals surface area (Å²) in [6.07, 6.45) is 3.50. The van der Waals surface area contributed by atoms with Crippen LogP contribution in [0.3, 0.4) is 0 Å². The van der Waals surface area contributed by atoms with E-state index in [-0.39, 0.29) is 5.60 Å². The quantitative estimate of drug-likeness (QED) is 0.874. The van der Waals surface area contributed by atoms with Gasteiger partial charge in [0.1, 0.15) is 0 Å². The molecular formula is C16H24N2O. The van der Waals surface area contributed by atoms with Crippen LogP contribution in [0.25, 0.3) is 0 Å². The van der Waals surface area contributed by atoms with Crippen molar-refractivity contribution in [3.05, 3.63) is 35.4 Å². The predicted molar refractivity (Wildman–Crippen MR) is 77.3 cm³/mol. The second-order valence-electron chi connectivity index (χ2n) is 5.91. The maximum Gasteiger partial charge on any atom is 0.0721 e. The van der Waals surface area contributed by atoms with E-state index >= 15 is 0 Å². The zero-order valence-corrected chi connectivity index (χ0v) is 11.8. The summed E-state index contributed by atoms with van der Waals surface area (Å²) in [7, 11) is 1.84. The van der Waals surface area contributed by atoms with E-state index in [9.17, 15) is 0 Å². The average Bonchev–Trinajstić information content (AvgIpc) is 3.23. The van der Waals surface area contributed by atoms with Crippen molar-refractivity contribution in [1.82, 2.24) is 10.2 Å². The van der Waals surface area contributed by atoms with Gasteiger partial charge in [0.15, 0.2) is 0 Å². The molecule has 2 fully saturated rings. The molecule has 1 heterocycles. The van der Waals surface area contributed by atoms with Crippen LogP contribution < -0.4 is 5.32 Å². The first-order valence-electron chi connectivity index (χ1n) is 7.36. The maximum atomic E-state index is 5.59. The molecule has 1 aromatic carbocycles. The number of benzene rings is 1. The van der Waals surface area contributed by atoms with E-state index in [0.717, 1.165) is 39.1 Å². The van der Waals surface area contributed by atoms with Gasteiger partial charge in [0, 0.05) is 46.3 Å². The van der Waals surface area contributed by atoms with Crippen LogP contribution in [0.1, 0.15) is 24.0 Å². The maximum absolute atomic E-state index is 5.59. The molecule has 3 heteroatoms. The standard InChI is InChI=1S/C16H24N2O/c1-19-16(6-7-16)12-14-2-4-15(5-3-14)13-18-10-8-17-9-11-18/h2-5,17H,6-13H2,1H3. The fourth-order valence-corrected chi connectivity index (χ4v) is 2.85. The number of hydrogen-bond acceptors (Lipinski definition) is 3. The fraction of sp³-hybridized carbons (Fsp3) is 0.625. The molecule has 0 bridgehead atoms. The van der Waals surface area contributed by atoms with Crippen molar-refractivity contribution >= 4 is 0 Å². The Kier molecular flexibility index (Phi) is 3.87. The lowest BCUT2D eigenvalue weighted by Gasteiger charge is -2.27. The van der Waals surface area contributed by atoms with Gasteiger partial charge >= 0.3 is 0 Å². The van der Waals surface area contributed by atoms with Crippen molar-refractivity contribution in [2.24, 2.45) is 0 Å². The highest BCUT2D eigenvalue weighted by atomic mass is 16.5. The summed E-state index contributed by atoms with van der Waals surface area (Å²) in [6, 6.07) is 9.11. The van der Waals surface area contributed by atoms with Crippen LogP contribution in [0.4, 0.5) is 0 Å². The number of piperazine rings is 1. The van der Waals surface area contributed by atoms with Crippen molar-refractivity contribution in [2.45, 2.75) is 31.4 Å². The molecule has 1 aliphatic carbocycles. The van der Waals surface area contributed by atoms with Crippen LogP contribution in [0, 0.1) is 0 Å². The monoisotopic (exact) mass is 260 g/mol. The molecule has 104 valence electrons. The average molecular weight is 260 g/mol. The topological polar surface area (TPSA) is 24.5 Å². The summed E-state index contributed by atoms with van der Waals surface area (Å²) in [6.45, 7) is 5.64. The highest BCUT2D eigenvalue weighted by Crippen LogP contribution is 2.41. The first-order valence-corrected chi connectivity index (χ1v) is 7.36. The second-order valence-corrected chi connectivity index (χ2v) is 5.91. The van der Waals surface area contributed by atoms with Crippen molar-refractivity contribution in [1.29, 1.82) is 0 Å². The molecular weight excluding hydrogens is 236 g/mol. The number of rotatable bonds is 5. The summed E-state index contributed by atoms with van der Waals surface area (Å²) in [5, 5.41) is 3.39. The zero-order valence-electron chi connectivity index (χ0n) is 11.8. The van der Waals surface area contributed by atoms with Gasteiger partial charge in [-0.1, -0.05) is 24.3 Å². The Labute approximate surface area is 115 Å². The lowest BCUT2D eigenvalue weighted by Crippen LogP contribution is -2.42. The van der Waals surface area contributed by atoms with Gasteiger partial charge in [-0.3, -0.25) is 4.90 Å². The van der Waals surface area contributed by atoms with E-state index < -0.39 is 0 Å². The molecule has 0 amide bonds. The summed E-state index contributed by atoms with van der Waals surface area (Å²) in [4.78, 5) is 2.52. The Bertz CT molecular complexity index is 405. The van der Waals surface area contributed by atoms with E-state index in [1.807, 2.05) is 7.11 Å². The molecule has 1 aliphatic heterocycles. The van der Waals surface area contributed by atoms with Crippen LogP contribution in [0.5, 0.6) is 0 Å². The van der Waals surface area contributed by atoms with E-state index in [2.05, 4.69) is 34.5 Å². The Morgan fingerprint density at radius 1 is 1.11 bits per heavy atom. The van der Waals surface area contributed by atoms with Crippen molar-refractivity contribution in [3.8, 4) is 0 Å². The van der Waals surface area contributed by atoms with Crippen LogP contribution in [-0.4, -0.2) is 43.8 Å². The third-order valence-electron chi connectivity index (χ3n) is 4.41. The van der Waals surface area contributed by atoms with Crippen LogP contribution >= 0.6 is 0 Å². The highest BCUT2D eigenvalue weighted by Gasteiger charge is 2.42. The Balaban J connectivity index is 1.56. The number of methoxy groups -OCH3 is 1. The van der Waals surface area contributed by atoms with Gasteiger partial charge in [-0.2, -0.15) is 0 Å². The SMILES string of the molecule is COC1(Cc2ccc(CN3CCNCC3)cc2)CC1. The van der Waals surface area contributed by atoms with Crippen molar-refractivity contribution < 1.29 is 4.74 Å². The molecule has 1 aromatic rings. The zero-order chi connectivity index (χ0) is 13.1. The minimum Gasteiger partial charge on any atom is -0.378 e. The summed E-state index contributed by atoms with van der Waals surface area (Å²) < 4.78 is 5.59. The van der Waals surface area contributed by atoms with Crippen LogP contribution in [0.15, 0.2) is 24.3 Å². The van der Waals surface area contributed by atoms with E-state index in [4.69, 9.17) is 4.74 Å². The molecule has 3 rings (SSSR count). The molecule has 19 heavy (non-hydrogen) atoms. The van der Waals surface area contributed by atoms with E-state index in [1.165, 1.54) is 24.0 Å². The molecule has 3 nitrogen and oxygen atoms in total. The first-order chi connectivity index (χ1) is 9.30.